The third kappa shape index (κ3) is 8.30. The van der Waals surface area contributed by atoms with Crippen LogP contribution in [0.2, 0.25) is 0 Å². The standard InChI is InChI=1S/C60H40N6/c1-5-17-41(18-6-1)44-29-35-48(36-30-44)56-61-55(47-23-11-4-12-24-47)63-59(64-56)53-27-15-13-25-51(53)52-26-14-16-28-54(52)60-65-57(49-37-31-45(32-38-49)42-19-7-2-8-20-42)62-58(66-60)50-39-33-46(34-40-50)43-21-9-3-10-22-43/h1-40H. The molecule has 11 rings (SSSR count). The van der Waals surface area contributed by atoms with Crippen LogP contribution in [0.15, 0.2) is 243 Å². The van der Waals surface area contributed by atoms with E-state index in [9.17, 15) is 0 Å². The summed E-state index contributed by atoms with van der Waals surface area (Å²) in [7, 11) is 0. The highest BCUT2D eigenvalue weighted by molar-refractivity contribution is 5.90. The molecule has 0 aliphatic heterocycles. The SMILES string of the molecule is c1ccc(-c2ccc(-c3nc(-c4ccccc4)nc(-c4ccccc4-c4ccccc4-c4nc(-c5ccc(-c6ccccc6)cc5)nc(-c5ccc(-c6ccccc6)cc5)n4)n3)cc2)cc1. The van der Waals surface area contributed by atoms with E-state index in [0.717, 1.165) is 77.9 Å². The third-order valence-corrected chi connectivity index (χ3v) is 11.7. The van der Waals surface area contributed by atoms with Crippen LogP contribution in [0.4, 0.5) is 0 Å². The first kappa shape index (κ1) is 39.8. The molecule has 0 aliphatic carbocycles. The molecule has 0 N–H and O–H groups in total. The fourth-order valence-corrected chi connectivity index (χ4v) is 8.25. The van der Waals surface area contributed by atoms with Crippen LogP contribution in [-0.2, 0) is 0 Å². The van der Waals surface area contributed by atoms with E-state index in [1.54, 1.807) is 0 Å². The molecular weight excluding hydrogens is 805 g/mol. The van der Waals surface area contributed by atoms with Gasteiger partial charge in [-0.3, -0.25) is 0 Å². The van der Waals surface area contributed by atoms with E-state index in [0.29, 0.717) is 34.9 Å². The fourth-order valence-electron chi connectivity index (χ4n) is 8.25. The molecule has 0 saturated carbocycles. The Balaban J connectivity index is 1.04. The Morgan fingerprint density at radius 3 is 0.606 bits per heavy atom. The summed E-state index contributed by atoms with van der Waals surface area (Å²) in [6.07, 6.45) is 0. The second-order valence-corrected chi connectivity index (χ2v) is 15.9. The van der Waals surface area contributed by atoms with E-state index in [1.807, 2.05) is 72.8 Å². The van der Waals surface area contributed by atoms with Crippen molar-refractivity contribution in [1.82, 2.24) is 29.9 Å². The normalized spacial score (nSPS) is 11.0. The number of nitrogens with zero attached hydrogens (tertiary/aromatic N) is 6. The molecule has 0 unspecified atom stereocenters. The lowest BCUT2D eigenvalue weighted by Crippen LogP contribution is -2.03. The van der Waals surface area contributed by atoms with E-state index < -0.39 is 0 Å². The van der Waals surface area contributed by atoms with E-state index >= 15 is 0 Å². The predicted molar refractivity (Wildman–Crippen MR) is 268 cm³/mol. The third-order valence-electron chi connectivity index (χ3n) is 11.7. The monoisotopic (exact) mass is 844 g/mol. The molecule has 0 aliphatic rings. The average Bonchev–Trinajstić information content (AvgIpc) is 3.42. The Hall–Kier alpha value is -9.00. The first-order chi connectivity index (χ1) is 32.7. The van der Waals surface area contributed by atoms with E-state index in [-0.39, 0.29) is 0 Å². The topological polar surface area (TPSA) is 77.3 Å². The lowest BCUT2D eigenvalue weighted by Gasteiger charge is -2.15. The van der Waals surface area contributed by atoms with Crippen LogP contribution in [0.5, 0.6) is 0 Å². The smallest absolute Gasteiger partial charge is 0.164 e. The van der Waals surface area contributed by atoms with Gasteiger partial charge in [0.05, 0.1) is 0 Å². The predicted octanol–water partition coefficient (Wildman–Crippen LogP) is 14.7. The number of aromatic nitrogens is 6. The van der Waals surface area contributed by atoms with Crippen molar-refractivity contribution < 1.29 is 0 Å². The molecule has 0 fully saturated rings. The van der Waals surface area contributed by atoms with Gasteiger partial charge in [-0.25, -0.2) is 29.9 Å². The zero-order valence-electron chi connectivity index (χ0n) is 35.8. The highest BCUT2D eigenvalue weighted by Gasteiger charge is 2.20. The van der Waals surface area contributed by atoms with Gasteiger partial charge in [0.25, 0.3) is 0 Å². The van der Waals surface area contributed by atoms with Crippen LogP contribution in [-0.4, -0.2) is 29.9 Å². The zero-order chi connectivity index (χ0) is 44.1. The van der Waals surface area contributed by atoms with Gasteiger partial charge in [-0.1, -0.05) is 243 Å². The maximum absolute atomic E-state index is 5.23. The van der Waals surface area contributed by atoms with Crippen molar-refractivity contribution in [2.45, 2.75) is 0 Å². The van der Waals surface area contributed by atoms with E-state index in [4.69, 9.17) is 29.9 Å². The second-order valence-electron chi connectivity index (χ2n) is 15.9. The fraction of sp³-hybridized carbons (Fsp3) is 0. The Morgan fingerprint density at radius 1 is 0.136 bits per heavy atom. The molecule has 2 heterocycles. The van der Waals surface area contributed by atoms with Crippen molar-refractivity contribution in [1.29, 1.82) is 0 Å². The van der Waals surface area contributed by atoms with Crippen molar-refractivity contribution in [3.63, 3.8) is 0 Å². The minimum absolute atomic E-state index is 0.555. The van der Waals surface area contributed by atoms with Gasteiger partial charge in [0.2, 0.25) is 0 Å². The van der Waals surface area contributed by atoms with Crippen LogP contribution in [0.1, 0.15) is 0 Å². The highest BCUT2D eigenvalue weighted by Crippen LogP contribution is 2.38. The van der Waals surface area contributed by atoms with E-state index in [1.165, 1.54) is 0 Å². The van der Waals surface area contributed by atoms with Gasteiger partial charge in [0, 0.05) is 33.4 Å². The van der Waals surface area contributed by atoms with E-state index in [2.05, 4.69) is 170 Å². The van der Waals surface area contributed by atoms with Crippen molar-refractivity contribution in [3.8, 4) is 113 Å². The minimum atomic E-state index is 0.555. The molecule has 2 aromatic heterocycles. The van der Waals surface area contributed by atoms with Gasteiger partial charge in [-0.05, 0) is 44.5 Å². The molecule has 6 nitrogen and oxygen atoms in total. The Bertz CT molecular complexity index is 3310. The van der Waals surface area contributed by atoms with Gasteiger partial charge < -0.3 is 0 Å². The molecule has 11 aromatic rings. The molecule has 0 amide bonds. The number of hydrogen-bond donors (Lipinski definition) is 0. The molecular formula is C60H40N6. The molecule has 0 atom stereocenters. The lowest BCUT2D eigenvalue weighted by atomic mass is 9.94. The van der Waals surface area contributed by atoms with Crippen molar-refractivity contribution in [2.75, 3.05) is 0 Å². The number of hydrogen-bond acceptors (Lipinski definition) is 6. The number of rotatable bonds is 10. The van der Waals surface area contributed by atoms with Crippen LogP contribution < -0.4 is 0 Å². The Kier molecular flexibility index (Phi) is 10.9. The summed E-state index contributed by atoms with van der Waals surface area (Å²) in [5, 5.41) is 0. The van der Waals surface area contributed by atoms with Gasteiger partial charge in [0.1, 0.15) is 0 Å². The molecule has 9 aromatic carbocycles. The van der Waals surface area contributed by atoms with Gasteiger partial charge in [-0.2, -0.15) is 0 Å². The first-order valence-corrected chi connectivity index (χ1v) is 21.9. The molecule has 0 saturated heterocycles. The summed E-state index contributed by atoms with van der Waals surface area (Å²) in [5.74, 6) is 3.46. The van der Waals surface area contributed by atoms with Crippen LogP contribution in [0.25, 0.3) is 113 Å². The quantitative estimate of drug-likeness (QED) is 0.136. The Labute approximate surface area is 383 Å². The van der Waals surface area contributed by atoms with Crippen molar-refractivity contribution >= 4 is 0 Å². The summed E-state index contributed by atoms with van der Waals surface area (Å²) in [6, 6.07) is 82.9. The summed E-state index contributed by atoms with van der Waals surface area (Å²) in [4.78, 5) is 31.0. The van der Waals surface area contributed by atoms with Gasteiger partial charge in [0.15, 0.2) is 34.9 Å². The van der Waals surface area contributed by atoms with Gasteiger partial charge >= 0.3 is 0 Å². The van der Waals surface area contributed by atoms with Crippen LogP contribution in [0, 0.1) is 0 Å². The molecule has 0 spiro atoms. The van der Waals surface area contributed by atoms with Crippen molar-refractivity contribution in [3.05, 3.63) is 243 Å². The first-order valence-electron chi connectivity index (χ1n) is 21.9. The largest absolute Gasteiger partial charge is 0.208 e. The maximum atomic E-state index is 5.23. The minimum Gasteiger partial charge on any atom is -0.208 e. The summed E-state index contributed by atoms with van der Waals surface area (Å²) in [6.45, 7) is 0. The molecule has 310 valence electrons. The molecule has 6 heteroatoms. The zero-order valence-corrected chi connectivity index (χ0v) is 35.8. The van der Waals surface area contributed by atoms with Crippen LogP contribution in [0.3, 0.4) is 0 Å². The Morgan fingerprint density at radius 2 is 0.318 bits per heavy atom. The maximum Gasteiger partial charge on any atom is 0.164 e. The highest BCUT2D eigenvalue weighted by atomic mass is 15.0. The number of benzene rings is 9. The molecule has 0 radical (unpaired) electrons. The van der Waals surface area contributed by atoms with Crippen molar-refractivity contribution in [2.24, 2.45) is 0 Å². The summed E-state index contributed by atoms with van der Waals surface area (Å²) < 4.78 is 0. The summed E-state index contributed by atoms with van der Waals surface area (Å²) in [5.41, 5.74) is 14.0. The second kappa shape index (κ2) is 18.0. The van der Waals surface area contributed by atoms with Crippen LogP contribution >= 0.6 is 0 Å². The molecule has 66 heavy (non-hydrogen) atoms. The molecule has 0 bridgehead atoms. The summed E-state index contributed by atoms with van der Waals surface area (Å²) >= 11 is 0. The van der Waals surface area contributed by atoms with Gasteiger partial charge in [-0.15, -0.1) is 0 Å². The average molecular weight is 845 g/mol. The lowest BCUT2D eigenvalue weighted by molar-refractivity contribution is 1.07.